The van der Waals surface area contributed by atoms with Crippen LogP contribution < -0.4 is 0 Å². The fourth-order valence-electron chi connectivity index (χ4n) is 3.79. The number of nitrogens with zero attached hydrogens (tertiary/aromatic N) is 1. The Morgan fingerprint density at radius 1 is 1.23 bits per heavy atom. The maximum atomic E-state index is 12.1. The Morgan fingerprint density at radius 3 is 2.64 bits per heavy atom. The van der Waals surface area contributed by atoms with Crippen LogP contribution in [0.4, 0.5) is 0 Å². The molecule has 1 N–H and O–H groups in total. The molecule has 120 valence electrons. The number of aliphatic hydroxyl groups excluding tert-OH is 1. The molecule has 0 aromatic carbocycles. The molecule has 0 aromatic heterocycles. The molecule has 0 radical (unpaired) electrons. The van der Waals surface area contributed by atoms with Crippen molar-refractivity contribution in [1.29, 1.82) is 0 Å². The summed E-state index contributed by atoms with van der Waals surface area (Å²) in [7, 11) is 0. The highest BCUT2D eigenvalue weighted by Gasteiger charge is 2.60. The summed E-state index contributed by atoms with van der Waals surface area (Å²) >= 11 is 0. The highest BCUT2D eigenvalue weighted by atomic mass is 16.8. The van der Waals surface area contributed by atoms with Crippen LogP contribution >= 0.6 is 0 Å². The lowest BCUT2D eigenvalue weighted by atomic mass is 10.1. The number of ether oxygens (including phenoxy) is 3. The number of fused-ring (bicyclic) bond motifs is 1. The minimum atomic E-state index is -0.654. The molecule has 22 heavy (non-hydrogen) atoms. The van der Waals surface area contributed by atoms with Gasteiger partial charge >= 0.3 is 0 Å². The summed E-state index contributed by atoms with van der Waals surface area (Å²) in [6.07, 6.45) is 4.41. The van der Waals surface area contributed by atoms with Gasteiger partial charge in [0.25, 0.3) is 0 Å². The van der Waals surface area contributed by atoms with Gasteiger partial charge in [0.1, 0.15) is 18.3 Å². The van der Waals surface area contributed by atoms with E-state index in [4.69, 9.17) is 14.2 Å². The van der Waals surface area contributed by atoms with Crippen LogP contribution in [0.2, 0.25) is 0 Å². The van der Waals surface area contributed by atoms with Crippen LogP contribution in [0.1, 0.15) is 32.1 Å². The number of carbonyl (C=O) groups excluding carboxylic acids is 2. The fourth-order valence-corrected chi connectivity index (χ4v) is 3.79. The summed E-state index contributed by atoms with van der Waals surface area (Å²) in [5.74, 6) is -1.13. The first-order chi connectivity index (χ1) is 10.6. The topological polar surface area (TPSA) is 85.3 Å². The first-order valence-corrected chi connectivity index (χ1v) is 7.76. The molecule has 1 aliphatic carbocycles. The van der Waals surface area contributed by atoms with Crippen molar-refractivity contribution in [2.45, 2.75) is 62.4 Å². The summed E-state index contributed by atoms with van der Waals surface area (Å²) in [5, 5.41) is 9.53. The van der Waals surface area contributed by atoms with Crippen LogP contribution in [0.3, 0.4) is 0 Å². The first-order valence-electron chi connectivity index (χ1n) is 7.76. The van der Waals surface area contributed by atoms with Crippen LogP contribution in [-0.4, -0.2) is 58.6 Å². The predicted octanol–water partition coefficient (Wildman–Crippen LogP) is 0.0730. The van der Waals surface area contributed by atoms with Gasteiger partial charge in [-0.3, -0.25) is 14.5 Å². The van der Waals surface area contributed by atoms with Crippen LogP contribution in [0.15, 0.2) is 12.3 Å². The number of hydrogen-bond donors (Lipinski definition) is 1. The molecule has 7 heteroatoms. The minimum Gasteiger partial charge on any atom is -0.394 e. The lowest BCUT2D eigenvalue weighted by molar-refractivity contribution is -0.220. The van der Waals surface area contributed by atoms with E-state index in [-0.39, 0.29) is 30.8 Å². The third-order valence-electron chi connectivity index (χ3n) is 4.84. The van der Waals surface area contributed by atoms with Gasteiger partial charge in [0.15, 0.2) is 17.8 Å². The number of aliphatic hydroxyl groups is 1. The van der Waals surface area contributed by atoms with Crippen molar-refractivity contribution in [3.8, 4) is 0 Å². The minimum absolute atomic E-state index is 0.163. The Hall–Kier alpha value is -1.28. The summed E-state index contributed by atoms with van der Waals surface area (Å²) < 4.78 is 18.0. The van der Waals surface area contributed by atoms with Gasteiger partial charge in [0.2, 0.25) is 5.91 Å². The van der Waals surface area contributed by atoms with E-state index in [0.29, 0.717) is 0 Å². The van der Waals surface area contributed by atoms with Gasteiger partial charge in [0, 0.05) is 19.0 Å². The molecule has 0 bridgehead atoms. The Morgan fingerprint density at radius 2 is 1.95 bits per heavy atom. The molecule has 2 saturated heterocycles. The monoisotopic (exact) mass is 309 g/mol. The van der Waals surface area contributed by atoms with Gasteiger partial charge in [-0.2, -0.15) is 0 Å². The average molecular weight is 309 g/mol. The van der Waals surface area contributed by atoms with Crippen molar-refractivity contribution in [2.24, 2.45) is 0 Å². The van der Waals surface area contributed by atoms with Gasteiger partial charge in [-0.05, 0) is 18.9 Å². The maximum absolute atomic E-state index is 12.1. The third-order valence-corrected chi connectivity index (χ3v) is 4.84. The highest BCUT2D eigenvalue weighted by molar-refractivity contribution is 6.06. The van der Waals surface area contributed by atoms with E-state index in [1.165, 1.54) is 17.2 Å². The number of carbonyl (C=O) groups is 2. The first kappa shape index (κ1) is 14.3. The second-order valence-corrected chi connectivity index (χ2v) is 6.29. The molecule has 7 nitrogen and oxygen atoms in total. The highest BCUT2D eigenvalue weighted by Crippen LogP contribution is 2.47. The zero-order valence-corrected chi connectivity index (χ0v) is 12.1. The number of hydrogen-bond acceptors (Lipinski definition) is 6. The lowest BCUT2D eigenvalue weighted by Crippen LogP contribution is -2.46. The zero-order chi connectivity index (χ0) is 15.3. The summed E-state index contributed by atoms with van der Waals surface area (Å²) in [6.45, 7) is -0.193. The van der Waals surface area contributed by atoms with Crippen molar-refractivity contribution < 1.29 is 28.9 Å². The largest absolute Gasteiger partial charge is 0.394 e. The number of amides is 1. The Labute approximate surface area is 127 Å². The Balaban J connectivity index is 1.60. The molecule has 3 fully saturated rings. The van der Waals surface area contributed by atoms with Crippen molar-refractivity contribution in [2.75, 3.05) is 6.61 Å². The Bertz CT molecular complexity index is 526. The van der Waals surface area contributed by atoms with Crippen molar-refractivity contribution in [3.63, 3.8) is 0 Å². The molecule has 4 aliphatic rings. The van der Waals surface area contributed by atoms with Gasteiger partial charge in [-0.1, -0.05) is 0 Å². The van der Waals surface area contributed by atoms with Crippen molar-refractivity contribution in [3.05, 3.63) is 12.3 Å². The van der Waals surface area contributed by atoms with Crippen molar-refractivity contribution >= 4 is 11.7 Å². The van der Waals surface area contributed by atoms with E-state index in [9.17, 15) is 14.7 Å². The summed E-state index contributed by atoms with van der Waals surface area (Å²) in [5.41, 5.74) is 0. The molecule has 1 amide bonds. The quantitative estimate of drug-likeness (QED) is 0.727. The molecule has 4 rings (SSSR count). The smallest absolute Gasteiger partial charge is 0.236 e. The summed E-state index contributed by atoms with van der Waals surface area (Å²) in [4.78, 5) is 24.8. The number of allylic oxidation sites excluding steroid dienone is 1. The van der Waals surface area contributed by atoms with Crippen LogP contribution in [0, 0.1) is 0 Å². The molecule has 1 saturated carbocycles. The molecule has 1 spiro atoms. The molecular formula is C15H19NO6. The molecule has 0 aromatic rings. The average Bonchev–Trinajstić information content (AvgIpc) is 3.16. The van der Waals surface area contributed by atoms with E-state index in [2.05, 4.69) is 0 Å². The van der Waals surface area contributed by atoms with E-state index >= 15 is 0 Å². The molecule has 0 unspecified atom stereocenters. The molecule has 4 atom stereocenters. The van der Waals surface area contributed by atoms with Crippen LogP contribution in [0.25, 0.3) is 0 Å². The third kappa shape index (κ3) is 2.11. The number of ketones is 1. The van der Waals surface area contributed by atoms with Gasteiger partial charge < -0.3 is 19.3 Å². The van der Waals surface area contributed by atoms with Crippen LogP contribution in [0.5, 0.6) is 0 Å². The standard InChI is InChI=1S/C15H19NO6/c17-8-10-12-13(22-15(21-12)4-1-2-5-15)14(20-10)16-6-3-9(18)7-11(16)19/h3,6,10,12-14,17H,1-2,4-5,7-8H2/t10-,12-,13-,14-/m1/s1. The van der Waals surface area contributed by atoms with Gasteiger partial charge in [-0.25, -0.2) is 0 Å². The molecule has 3 aliphatic heterocycles. The summed E-state index contributed by atoms with van der Waals surface area (Å²) in [6, 6.07) is 0. The molecule has 3 heterocycles. The normalized spacial score (nSPS) is 40.0. The van der Waals surface area contributed by atoms with E-state index in [0.717, 1.165) is 25.7 Å². The van der Waals surface area contributed by atoms with E-state index < -0.39 is 24.2 Å². The van der Waals surface area contributed by atoms with E-state index in [1.54, 1.807) is 0 Å². The molecular weight excluding hydrogens is 290 g/mol. The second-order valence-electron chi connectivity index (χ2n) is 6.29. The zero-order valence-electron chi connectivity index (χ0n) is 12.1. The SMILES string of the molecule is O=C1C=CN([C@@H]2O[C@H](CO)[C@H]3OC4(CCCC4)O[C@H]32)C(=O)C1. The van der Waals surface area contributed by atoms with Crippen LogP contribution in [-0.2, 0) is 23.8 Å². The van der Waals surface area contributed by atoms with Gasteiger partial charge in [0.05, 0.1) is 13.0 Å². The fraction of sp³-hybridized carbons (Fsp3) is 0.733. The maximum Gasteiger partial charge on any atom is 0.236 e. The van der Waals surface area contributed by atoms with E-state index in [1.807, 2.05) is 0 Å². The second kappa shape index (κ2) is 5.13. The lowest BCUT2D eigenvalue weighted by Gasteiger charge is -2.32. The van der Waals surface area contributed by atoms with Crippen molar-refractivity contribution in [1.82, 2.24) is 4.90 Å². The Kier molecular flexibility index (Phi) is 3.34. The number of rotatable bonds is 2. The predicted molar refractivity (Wildman–Crippen MR) is 72.3 cm³/mol. The van der Waals surface area contributed by atoms with Gasteiger partial charge in [-0.15, -0.1) is 0 Å².